The Kier molecular flexibility index (Phi) is 10.7. The van der Waals surface area contributed by atoms with E-state index in [1.807, 2.05) is 0 Å². The van der Waals surface area contributed by atoms with Crippen LogP contribution in [0.3, 0.4) is 0 Å². The number of methoxy groups -OCH3 is 2. The molecule has 40 heavy (non-hydrogen) atoms. The Balaban J connectivity index is 2.00. The second kappa shape index (κ2) is 13.6. The molecule has 1 amide bonds. The second-order valence-electron chi connectivity index (χ2n) is 8.28. The Bertz CT molecular complexity index is 1640. The molecule has 218 valence electrons. The number of thiazole rings is 1. The molecule has 0 atom stereocenters. The number of fused-ring (bicyclic) bond motifs is 1. The van der Waals surface area contributed by atoms with Gasteiger partial charge in [-0.2, -0.15) is 9.30 Å². The van der Waals surface area contributed by atoms with Gasteiger partial charge in [-0.3, -0.25) is 9.59 Å². The third-order valence-corrected chi connectivity index (χ3v) is 9.47. The highest BCUT2D eigenvalue weighted by atomic mass is 32.2. The lowest BCUT2D eigenvalue weighted by atomic mass is 10.2. The highest BCUT2D eigenvalue weighted by molar-refractivity contribution is 7.89. The summed E-state index contributed by atoms with van der Waals surface area (Å²) < 4.78 is 68.0. The molecule has 0 aliphatic heterocycles. The van der Waals surface area contributed by atoms with Gasteiger partial charge in [0, 0.05) is 32.9 Å². The number of carbonyl (C=O) groups excluding carboxylic acids is 2. The normalized spacial score (nSPS) is 12.8. The highest BCUT2D eigenvalue weighted by Crippen LogP contribution is 2.22. The van der Waals surface area contributed by atoms with E-state index >= 15 is 0 Å². The van der Waals surface area contributed by atoms with Gasteiger partial charge in [-0.1, -0.05) is 11.3 Å². The summed E-state index contributed by atoms with van der Waals surface area (Å²) in [6.45, 7) is 2.15. The van der Waals surface area contributed by atoms with Gasteiger partial charge in [0.25, 0.3) is 5.91 Å². The molecule has 0 radical (unpaired) electrons. The fourth-order valence-corrected chi connectivity index (χ4v) is 6.70. The number of amides is 1. The Morgan fingerprint density at radius 3 is 2.12 bits per heavy atom. The summed E-state index contributed by atoms with van der Waals surface area (Å²) in [7, 11) is -4.94. The first kappa shape index (κ1) is 31.5. The topological polar surface area (TPSA) is 177 Å². The average Bonchev–Trinajstić information content (AvgIpc) is 3.24. The molecule has 0 aliphatic carbocycles. The fourth-order valence-electron chi connectivity index (χ4n) is 3.61. The first-order valence-electron chi connectivity index (χ1n) is 11.9. The predicted molar refractivity (Wildman–Crippen MR) is 147 cm³/mol. The Labute approximate surface area is 235 Å². The van der Waals surface area contributed by atoms with E-state index in [0.29, 0.717) is 10.2 Å². The number of hydrogen-bond donors (Lipinski definition) is 1. The Morgan fingerprint density at radius 1 is 0.975 bits per heavy atom. The van der Waals surface area contributed by atoms with E-state index < -0.39 is 31.9 Å². The number of primary sulfonamides is 1. The Hall–Kier alpha value is -2.99. The van der Waals surface area contributed by atoms with E-state index in [9.17, 15) is 26.4 Å². The quantitative estimate of drug-likeness (QED) is 0.275. The summed E-state index contributed by atoms with van der Waals surface area (Å²) in [5.74, 6) is -1.27. The van der Waals surface area contributed by atoms with Crippen molar-refractivity contribution < 1.29 is 40.6 Å². The van der Waals surface area contributed by atoms with Crippen LogP contribution in [0.15, 0.2) is 57.2 Å². The van der Waals surface area contributed by atoms with Gasteiger partial charge < -0.3 is 18.8 Å². The zero-order chi connectivity index (χ0) is 29.5. The number of rotatable bonds is 13. The molecule has 16 heteroatoms. The van der Waals surface area contributed by atoms with Crippen molar-refractivity contribution in [2.75, 3.05) is 47.1 Å². The van der Waals surface area contributed by atoms with Gasteiger partial charge in [-0.05, 0) is 49.4 Å². The number of hydrogen-bond acceptors (Lipinski definition) is 10. The molecule has 0 unspecified atom stereocenters. The largest absolute Gasteiger partial charge is 0.465 e. The fraction of sp³-hybridized carbons (Fsp3) is 0.375. The van der Waals surface area contributed by atoms with E-state index in [1.165, 1.54) is 65.6 Å². The van der Waals surface area contributed by atoms with Gasteiger partial charge in [-0.15, -0.1) is 0 Å². The summed E-state index contributed by atoms with van der Waals surface area (Å²) in [5.41, 5.74) is 0.551. The van der Waals surface area contributed by atoms with Crippen LogP contribution in [0.4, 0.5) is 0 Å². The first-order chi connectivity index (χ1) is 18.9. The second-order valence-corrected chi connectivity index (χ2v) is 12.8. The molecule has 2 N–H and O–H groups in total. The molecule has 0 bridgehead atoms. The molecule has 0 fully saturated rings. The molecule has 0 saturated heterocycles. The number of sulfonamides is 2. The third-order valence-electron chi connectivity index (χ3n) is 5.60. The maximum atomic E-state index is 13.1. The van der Waals surface area contributed by atoms with Crippen molar-refractivity contribution in [2.45, 2.75) is 23.3 Å². The van der Waals surface area contributed by atoms with E-state index in [-0.39, 0.29) is 59.6 Å². The van der Waals surface area contributed by atoms with Crippen LogP contribution >= 0.6 is 11.3 Å². The summed E-state index contributed by atoms with van der Waals surface area (Å²) in [5, 5.41) is 5.24. The number of esters is 1. The van der Waals surface area contributed by atoms with Gasteiger partial charge >= 0.3 is 5.97 Å². The number of nitrogens with two attached hydrogens (primary N) is 1. The van der Waals surface area contributed by atoms with Crippen molar-refractivity contribution in [2.24, 2.45) is 10.1 Å². The monoisotopic (exact) mass is 614 g/mol. The number of benzene rings is 2. The summed E-state index contributed by atoms with van der Waals surface area (Å²) >= 11 is 0.985. The first-order valence-corrected chi connectivity index (χ1v) is 15.7. The molecule has 3 rings (SSSR count). The van der Waals surface area contributed by atoms with Crippen LogP contribution < -0.4 is 9.94 Å². The van der Waals surface area contributed by atoms with Crippen molar-refractivity contribution in [1.82, 2.24) is 8.87 Å². The van der Waals surface area contributed by atoms with Crippen molar-refractivity contribution in [3.63, 3.8) is 0 Å². The van der Waals surface area contributed by atoms with E-state index in [2.05, 4.69) is 4.99 Å². The maximum absolute atomic E-state index is 13.1. The average molecular weight is 615 g/mol. The predicted octanol–water partition coefficient (Wildman–Crippen LogP) is 0.938. The van der Waals surface area contributed by atoms with Crippen LogP contribution in [0.5, 0.6) is 0 Å². The van der Waals surface area contributed by atoms with Crippen LogP contribution in [0.2, 0.25) is 0 Å². The molecule has 2 aromatic carbocycles. The molecular formula is C24H30N4O9S3. The highest BCUT2D eigenvalue weighted by Gasteiger charge is 2.24. The number of nitrogens with zero attached hydrogens (tertiary/aromatic N) is 3. The van der Waals surface area contributed by atoms with Crippen LogP contribution in [-0.2, 0) is 45.6 Å². The van der Waals surface area contributed by atoms with Gasteiger partial charge in [0.15, 0.2) is 4.80 Å². The minimum absolute atomic E-state index is 0.0222. The molecule has 13 nitrogen and oxygen atoms in total. The number of ether oxygens (including phenoxy) is 3. The molecule has 0 aliphatic rings. The zero-order valence-electron chi connectivity index (χ0n) is 22.1. The van der Waals surface area contributed by atoms with Crippen LogP contribution in [0, 0.1) is 0 Å². The lowest BCUT2D eigenvalue weighted by molar-refractivity contribution is -0.143. The summed E-state index contributed by atoms with van der Waals surface area (Å²) in [6, 6.07) is 9.38. The Morgan fingerprint density at radius 2 is 1.57 bits per heavy atom. The van der Waals surface area contributed by atoms with Crippen molar-refractivity contribution in [3.05, 3.63) is 52.8 Å². The SMILES string of the molecule is CCOC(=O)Cn1c(=NC(=O)c2ccc(S(=O)(=O)N(CCOC)CCOC)cc2)sc2cc(S(N)(=O)=O)ccc21. The molecule has 1 aromatic heterocycles. The minimum atomic E-state index is -3.99. The van der Waals surface area contributed by atoms with Gasteiger partial charge in [0.1, 0.15) is 6.54 Å². The standard InChI is InChI=1S/C24H30N4O9S3/c1-4-37-22(29)16-28-20-10-9-19(39(25,31)32)15-21(20)38-24(28)26-23(30)17-5-7-18(8-6-17)40(33,34)27(11-13-35-2)12-14-36-3/h5-10,15H,4,11-14,16H2,1-3H3,(H2,25,31,32). The van der Waals surface area contributed by atoms with E-state index in [0.717, 1.165) is 11.3 Å². The maximum Gasteiger partial charge on any atom is 0.326 e. The van der Waals surface area contributed by atoms with E-state index in [1.54, 1.807) is 6.92 Å². The van der Waals surface area contributed by atoms with Crippen molar-refractivity contribution in [1.29, 1.82) is 0 Å². The zero-order valence-corrected chi connectivity index (χ0v) is 24.6. The number of aromatic nitrogens is 1. The number of carbonyl (C=O) groups is 2. The molecule has 1 heterocycles. The lowest BCUT2D eigenvalue weighted by Crippen LogP contribution is -2.36. The van der Waals surface area contributed by atoms with Crippen LogP contribution in [0.1, 0.15) is 17.3 Å². The van der Waals surface area contributed by atoms with Crippen LogP contribution in [-0.4, -0.2) is 84.7 Å². The molecule has 0 saturated carbocycles. The third kappa shape index (κ3) is 7.60. The lowest BCUT2D eigenvalue weighted by Gasteiger charge is -2.21. The van der Waals surface area contributed by atoms with E-state index in [4.69, 9.17) is 19.3 Å². The molecule has 3 aromatic rings. The molecular weight excluding hydrogens is 584 g/mol. The molecule has 0 spiro atoms. The van der Waals surface area contributed by atoms with Gasteiger partial charge in [0.2, 0.25) is 20.0 Å². The van der Waals surface area contributed by atoms with Crippen molar-refractivity contribution in [3.8, 4) is 0 Å². The van der Waals surface area contributed by atoms with Crippen LogP contribution in [0.25, 0.3) is 10.2 Å². The van der Waals surface area contributed by atoms with Gasteiger partial charge in [-0.25, -0.2) is 22.0 Å². The summed E-state index contributed by atoms with van der Waals surface area (Å²) in [4.78, 5) is 29.4. The van der Waals surface area contributed by atoms with Crippen molar-refractivity contribution >= 4 is 53.5 Å². The minimum Gasteiger partial charge on any atom is -0.465 e. The van der Waals surface area contributed by atoms with Gasteiger partial charge in [0.05, 0.1) is 39.8 Å². The summed E-state index contributed by atoms with van der Waals surface area (Å²) in [6.07, 6.45) is 0. The smallest absolute Gasteiger partial charge is 0.326 e.